The molecule has 2 aliphatic carbocycles. The Hall–Kier alpha value is -1.18. The van der Waals surface area contributed by atoms with Crippen LogP contribution >= 0.6 is 0 Å². The third kappa shape index (κ3) is 2.21. The van der Waals surface area contributed by atoms with E-state index in [1.165, 1.54) is 56.1 Å². The summed E-state index contributed by atoms with van der Waals surface area (Å²) in [6.45, 7) is 7.19. The lowest BCUT2D eigenvalue weighted by atomic mass is 9.53. The number of ether oxygens (including phenoxy) is 2. The third-order valence-electron chi connectivity index (χ3n) is 7.43. The van der Waals surface area contributed by atoms with E-state index in [9.17, 15) is 0 Å². The minimum atomic E-state index is 0.369. The summed E-state index contributed by atoms with van der Waals surface area (Å²) < 4.78 is 12.2. The molecule has 0 bridgehead atoms. The summed E-state index contributed by atoms with van der Waals surface area (Å²) in [4.78, 5) is 0. The fraction of sp³-hybridized carbons (Fsp3) is 0.727. The molecule has 0 spiro atoms. The van der Waals surface area contributed by atoms with E-state index in [0.29, 0.717) is 17.4 Å². The molecule has 1 heterocycles. The molecule has 0 aromatic heterocycles. The molecule has 0 saturated heterocycles. The van der Waals surface area contributed by atoms with E-state index in [-0.39, 0.29) is 0 Å². The monoisotopic (exact) mass is 328 g/mol. The molecule has 24 heavy (non-hydrogen) atoms. The Morgan fingerprint density at radius 2 is 2.17 bits per heavy atom. The third-order valence-corrected chi connectivity index (χ3v) is 7.43. The summed E-state index contributed by atoms with van der Waals surface area (Å²) in [5.74, 6) is 4.24. The molecule has 2 unspecified atom stereocenters. The van der Waals surface area contributed by atoms with Gasteiger partial charge < -0.3 is 9.47 Å². The smallest absolute Gasteiger partial charge is 0.165 e. The molecule has 0 amide bonds. The molecule has 1 fully saturated rings. The Bertz CT molecular complexity index is 623. The van der Waals surface area contributed by atoms with Crippen LogP contribution in [0, 0.1) is 17.3 Å². The van der Waals surface area contributed by atoms with Gasteiger partial charge in [0.1, 0.15) is 6.10 Å². The van der Waals surface area contributed by atoms with Gasteiger partial charge in [-0.3, -0.25) is 0 Å². The van der Waals surface area contributed by atoms with Crippen LogP contribution in [0.4, 0.5) is 0 Å². The number of benzene rings is 1. The van der Waals surface area contributed by atoms with E-state index in [1.807, 2.05) is 0 Å². The van der Waals surface area contributed by atoms with Crippen LogP contribution in [0.15, 0.2) is 12.1 Å². The first-order valence-corrected chi connectivity index (χ1v) is 10.00. The van der Waals surface area contributed by atoms with Crippen molar-refractivity contribution in [3.8, 4) is 11.5 Å². The zero-order valence-corrected chi connectivity index (χ0v) is 15.7. The molecule has 2 nitrogen and oxygen atoms in total. The van der Waals surface area contributed by atoms with Gasteiger partial charge in [-0.05, 0) is 61.0 Å². The Kier molecular flexibility index (Phi) is 4.05. The zero-order valence-electron chi connectivity index (χ0n) is 15.7. The van der Waals surface area contributed by atoms with E-state index in [1.54, 1.807) is 7.11 Å². The Balaban J connectivity index is 1.75. The number of hydrogen-bond acceptors (Lipinski definition) is 2. The second-order valence-electron chi connectivity index (χ2n) is 8.49. The van der Waals surface area contributed by atoms with Gasteiger partial charge in [-0.2, -0.15) is 0 Å². The van der Waals surface area contributed by atoms with Crippen molar-refractivity contribution in [2.45, 2.75) is 77.7 Å². The first kappa shape index (κ1) is 16.3. The Morgan fingerprint density at radius 1 is 1.33 bits per heavy atom. The highest BCUT2D eigenvalue weighted by Gasteiger charge is 2.56. The summed E-state index contributed by atoms with van der Waals surface area (Å²) in [5, 5.41) is 0. The van der Waals surface area contributed by atoms with Crippen molar-refractivity contribution in [3.05, 3.63) is 23.3 Å². The first-order valence-electron chi connectivity index (χ1n) is 10.00. The summed E-state index contributed by atoms with van der Waals surface area (Å²) in [6.07, 6.45) is 9.46. The molecule has 132 valence electrons. The highest BCUT2D eigenvalue weighted by Crippen LogP contribution is 2.64. The van der Waals surface area contributed by atoms with Crippen molar-refractivity contribution < 1.29 is 9.47 Å². The zero-order chi connectivity index (χ0) is 16.9. The summed E-state index contributed by atoms with van der Waals surface area (Å²) in [5.41, 5.74) is 3.47. The van der Waals surface area contributed by atoms with E-state index in [0.717, 1.165) is 23.3 Å². The van der Waals surface area contributed by atoms with E-state index in [2.05, 4.69) is 32.9 Å². The normalized spacial score (nSPS) is 34.4. The van der Waals surface area contributed by atoms with Gasteiger partial charge in [0.25, 0.3) is 0 Å². The average Bonchev–Trinajstić information content (AvgIpc) is 3.00. The average molecular weight is 328 g/mol. The quantitative estimate of drug-likeness (QED) is 0.687. The highest BCUT2D eigenvalue weighted by molar-refractivity contribution is 5.57. The second-order valence-corrected chi connectivity index (χ2v) is 8.49. The van der Waals surface area contributed by atoms with Crippen molar-refractivity contribution in [2.75, 3.05) is 7.11 Å². The van der Waals surface area contributed by atoms with Crippen LogP contribution in [0.3, 0.4) is 0 Å². The van der Waals surface area contributed by atoms with Crippen LogP contribution in [0.5, 0.6) is 11.5 Å². The van der Waals surface area contributed by atoms with Crippen molar-refractivity contribution in [2.24, 2.45) is 17.3 Å². The molecule has 2 heteroatoms. The van der Waals surface area contributed by atoms with Crippen LogP contribution in [0.1, 0.15) is 76.3 Å². The van der Waals surface area contributed by atoms with Crippen molar-refractivity contribution >= 4 is 0 Å². The van der Waals surface area contributed by atoms with Gasteiger partial charge in [-0.25, -0.2) is 0 Å². The molecular weight excluding hydrogens is 296 g/mol. The highest BCUT2D eigenvalue weighted by atomic mass is 16.5. The molecule has 5 atom stereocenters. The van der Waals surface area contributed by atoms with Gasteiger partial charge in [-0.15, -0.1) is 0 Å². The SMILES string of the molecule is CCC[C@H](C)C1C[C@@H]2Oc3c(OC)ccc4c3C2[C@@](CC)(CC4)C1. The van der Waals surface area contributed by atoms with Crippen LogP contribution in [0.25, 0.3) is 0 Å². The van der Waals surface area contributed by atoms with Crippen LogP contribution in [-0.4, -0.2) is 13.2 Å². The number of aryl methyl sites for hydroxylation is 1. The topological polar surface area (TPSA) is 18.5 Å². The van der Waals surface area contributed by atoms with Crippen molar-refractivity contribution in [3.63, 3.8) is 0 Å². The predicted molar refractivity (Wildman–Crippen MR) is 98.0 cm³/mol. The maximum absolute atomic E-state index is 6.58. The van der Waals surface area contributed by atoms with E-state index in [4.69, 9.17) is 9.47 Å². The summed E-state index contributed by atoms with van der Waals surface area (Å²) in [7, 11) is 1.77. The maximum atomic E-state index is 6.58. The second kappa shape index (κ2) is 5.97. The number of methoxy groups -OCH3 is 1. The van der Waals surface area contributed by atoms with Gasteiger partial charge in [0.15, 0.2) is 11.5 Å². The lowest BCUT2D eigenvalue weighted by Crippen LogP contribution is -2.46. The lowest BCUT2D eigenvalue weighted by Gasteiger charge is -2.51. The van der Waals surface area contributed by atoms with Crippen LogP contribution in [-0.2, 0) is 6.42 Å². The minimum absolute atomic E-state index is 0.369. The summed E-state index contributed by atoms with van der Waals surface area (Å²) in [6, 6.07) is 4.40. The summed E-state index contributed by atoms with van der Waals surface area (Å²) >= 11 is 0. The molecule has 1 aromatic rings. The molecule has 0 N–H and O–H groups in total. The molecule has 1 aliphatic heterocycles. The van der Waals surface area contributed by atoms with Crippen LogP contribution in [0.2, 0.25) is 0 Å². The van der Waals surface area contributed by atoms with Crippen molar-refractivity contribution in [1.29, 1.82) is 0 Å². The van der Waals surface area contributed by atoms with Gasteiger partial charge >= 0.3 is 0 Å². The Morgan fingerprint density at radius 3 is 2.88 bits per heavy atom. The maximum Gasteiger partial charge on any atom is 0.165 e. The molecule has 4 rings (SSSR count). The fourth-order valence-electron chi connectivity index (χ4n) is 6.09. The van der Waals surface area contributed by atoms with Gasteiger partial charge in [0, 0.05) is 11.5 Å². The molecule has 0 radical (unpaired) electrons. The van der Waals surface area contributed by atoms with Gasteiger partial charge in [0.2, 0.25) is 0 Å². The first-order chi connectivity index (χ1) is 11.6. The largest absolute Gasteiger partial charge is 0.493 e. The minimum Gasteiger partial charge on any atom is -0.493 e. The van der Waals surface area contributed by atoms with Crippen molar-refractivity contribution in [1.82, 2.24) is 0 Å². The molecule has 3 aliphatic rings. The van der Waals surface area contributed by atoms with Gasteiger partial charge in [-0.1, -0.05) is 39.7 Å². The standard InChI is InChI=1S/C22H32O2/c1-5-7-14(3)16-12-18-20-19-15(10-11-22(20,6-2)13-16)8-9-17(23-4)21(19)24-18/h8-9,14,16,18,20H,5-7,10-13H2,1-4H3/t14-,16?,18-,20?,22-/m0/s1. The predicted octanol–water partition coefficient (Wildman–Crippen LogP) is 5.73. The molecule has 1 saturated carbocycles. The van der Waals surface area contributed by atoms with E-state index >= 15 is 0 Å². The number of rotatable bonds is 5. The van der Waals surface area contributed by atoms with Gasteiger partial charge in [0.05, 0.1) is 7.11 Å². The molecular formula is C22H32O2. The fourth-order valence-corrected chi connectivity index (χ4v) is 6.09. The Labute approximate surface area is 146 Å². The van der Waals surface area contributed by atoms with E-state index < -0.39 is 0 Å². The van der Waals surface area contributed by atoms with Crippen LogP contribution < -0.4 is 9.47 Å². The number of hydrogen-bond donors (Lipinski definition) is 0. The lowest BCUT2D eigenvalue weighted by molar-refractivity contribution is -0.00646. The molecule has 1 aromatic carbocycles.